The zero-order valence-corrected chi connectivity index (χ0v) is 10.3. The van der Waals surface area contributed by atoms with Gasteiger partial charge < -0.3 is 4.74 Å². The summed E-state index contributed by atoms with van der Waals surface area (Å²) in [5, 5.41) is 9.02. The minimum Gasteiger partial charge on any atom is -0.359 e. The maximum Gasteiger partial charge on any atom is 0.169 e. The van der Waals surface area contributed by atoms with Gasteiger partial charge in [0, 0.05) is 6.61 Å². The van der Waals surface area contributed by atoms with Crippen molar-refractivity contribution in [1.29, 1.82) is 5.26 Å². The van der Waals surface area contributed by atoms with Crippen molar-refractivity contribution < 1.29 is 4.74 Å². The van der Waals surface area contributed by atoms with Crippen LogP contribution in [-0.4, -0.2) is 6.61 Å². The maximum atomic E-state index is 9.02. The van der Waals surface area contributed by atoms with E-state index >= 15 is 0 Å². The fraction of sp³-hybridized carbons (Fsp3) is 0.188. The Morgan fingerprint density at radius 3 is 2.17 bits per heavy atom. The third-order valence-corrected chi connectivity index (χ3v) is 2.77. The first-order chi connectivity index (χ1) is 8.85. The topological polar surface area (TPSA) is 33.0 Å². The molecule has 0 fully saturated rings. The van der Waals surface area contributed by atoms with Crippen molar-refractivity contribution in [1.82, 2.24) is 0 Å². The molecule has 0 aliphatic heterocycles. The molecule has 0 radical (unpaired) electrons. The molecule has 0 heterocycles. The summed E-state index contributed by atoms with van der Waals surface area (Å²) in [6, 6.07) is 20.3. The zero-order valence-electron chi connectivity index (χ0n) is 10.3. The van der Waals surface area contributed by atoms with E-state index in [4.69, 9.17) is 10.00 Å². The van der Waals surface area contributed by atoms with E-state index in [1.807, 2.05) is 49.4 Å². The molecule has 1 unspecified atom stereocenters. The quantitative estimate of drug-likeness (QED) is 0.806. The van der Waals surface area contributed by atoms with Crippen molar-refractivity contribution in [2.45, 2.75) is 13.0 Å². The predicted octanol–water partition coefficient (Wildman–Crippen LogP) is 3.95. The summed E-state index contributed by atoms with van der Waals surface area (Å²) in [4.78, 5) is 0. The molecule has 1 atom stereocenters. The number of nitrogens with zero attached hydrogens (tertiary/aromatic N) is 1. The van der Waals surface area contributed by atoms with Crippen LogP contribution in [0.3, 0.4) is 0 Å². The molecule has 0 N–H and O–H groups in total. The smallest absolute Gasteiger partial charge is 0.169 e. The van der Waals surface area contributed by atoms with Crippen LogP contribution in [0.1, 0.15) is 18.6 Å². The molecule has 0 saturated carbocycles. The van der Waals surface area contributed by atoms with E-state index in [0.717, 1.165) is 11.1 Å². The monoisotopic (exact) mass is 237 g/mol. The number of ether oxygens (including phenoxy) is 1. The second-order valence-corrected chi connectivity index (χ2v) is 3.95. The first-order valence-corrected chi connectivity index (χ1v) is 6.01. The lowest BCUT2D eigenvalue weighted by Crippen LogP contribution is -2.01. The van der Waals surface area contributed by atoms with Crippen molar-refractivity contribution in [3.63, 3.8) is 0 Å². The maximum absolute atomic E-state index is 9.02. The minimum atomic E-state index is -0.472. The standard InChI is InChI=1S/C16H15NO/c1-2-18-16(12-17)15-10-8-14(9-11-15)13-6-4-3-5-7-13/h3-11,16H,2H2,1H3. The first kappa shape index (κ1) is 12.3. The lowest BCUT2D eigenvalue weighted by molar-refractivity contribution is 0.102. The van der Waals surface area contributed by atoms with Crippen molar-refractivity contribution in [2.75, 3.05) is 6.61 Å². The van der Waals surface area contributed by atoms with E-state index < -0.39 is 6.10 Å². The summed E-state index contributed by atoms with van der Waals surface area (Å²) in [5.41, 5.74) is 3.22. The summed E-state index contributed by atoms with van der Waals surface area (Å²) in [7, 11) is 0. The molecule has 0 amide bonds. The fourth-order valence-electron chi connectivity index (χ4n) is 1.86. The molecule has 2 rings (SSSR count). The van der Waals surface area contributed by atoms with Gasteiger partial charge in [-0.2, -0.15) is 5.26 Å². The molecule has 0 saturated heterocycles. The summed E-state index contributed by atoms with van der Waals surface area (Å²) in [6.45, 7) is 2.43. The Labute approximate surface area is 107 Å². The Hall–Kier alpha value is -2.11. The minimum absolute atomic E-state index is 0.472. The Morgan fingerprint density at radius 1 is 1.00 bits per heavy atom. The molecule has 0 spiro atoms. The highest BCUT2D eigenvalue weighted by Gasteiger charge is 2.09. The number of nitriles is 1. The van der Waals surface area contributed by atoms with E-state index in [1.165, 1.54) is 5.56 Å². The average molecular weight is 237 g/mol. The molecule has 0 aliphatic carbocycles. The summed E-state index contributed by atoms with van der Waals surface area (Å²) in [5.74, 6) is 0. The highest BCUT2D eigenvalue weighted by molar-refractivity contribution is 5.63. The Bertz CT molecular complexity index is 525. The Balaban J connectivity index is 2.23. The van der Waals surface area contributed by atoms with Crippen LogP contribution in [-0.2, 0) is 4.74 Å². The van der Waals surface area contributed by atoms with Gasteiger partial charge in [0.1, 0.15) is 0 Å². The summed E-state index contributed by atoms with van der Waals surface area (Å²) < 4.78 is 5.36. The van der Waals surface area contributed by atoms with Crippen molar-refractivity contribution >= 4 is 0 Å². The normalized spacial score (nSPS) is 11.8. The van der Waals surface area contributed by atoms with Gasteiger partial charge in [0.2, 0.25) is 0 Å². The van der Waals surface area contributed by atoms with Crippen molar-refractivity contribution in [2.24, 2.45) is 0 Å². The molecule has 18 heavy (non-hydrogen) atoms. The van der Waals surface area contributed by atoms with Gasteiger partial charge in [-0.05, 0) is 23.6 Å². The van der Waals surface area contributed by atoms with Gasteiger partial charge in [-0.25, -0.2) is 0 Å². The number of hydrogen-bond donors (Lipinski definition) is 0. The van der Waals surface area contributed by atoms with Gasteiger partial charge in [0.05, 0.1) is 6.07 Å². The average Bonchev–Trinajstić information content (AvgIpc) is 2.46. The van der Waals surface area contributed by atoms with Crippen molar-refractivity contribution in [3.8, 4) is 17.2 Å². The third kappa shape index (κ3) is 2.77. The van der Waals surface area contributed by atoms with E-state index in [1.54, 1.807) is 0 Å². The SMILES string of the molecule is CCOC(C#N)c1ccc(-c2ccccc2)cc1. The molecule has 2 aromatic carbocycles. The summed E-state index contributed by atoms with van der Waals surface area (Å²) in [6.07, 6.45) is -0.472. The van der Waals surface area contributed by atoms with Crippen molar-refractivity contribution in [3.05, 3.63) is 60.2 Å². The number of hydrogen-bond acceptors (Lipinski definition) is 2. The van der Waals surface area contributed by atoms with E-state index in [2.05, 4.69) is 18.2 Å². The first-order valence-electron chi connectivity index (χ1n) is 6.01. The van der Waals surface area contributed by atoms with Crippen LogP contribution in [0.2, 0.25) is 0 Å². The molecule has 2 aromatic rings. The van der Waals surface area contributed by atoms with Gasteiger partial charge in [-0.3, -0.25) is 0 Å². The van der Waals surface area contributed by atoms with Crippen LogP contribution >= 0.6 is 0 Å². The van der Waals surface area contributed by atoms with Gasteiger partial charge in [0.25, 0.3) is 0 Å². The molecule has 2 nitrogen and oxygen atoms in total. The Kier molecular flexibility index (Phi) is 4.11. The third-order valence-electron chi connectivity index (χ3n) is 2.77. The van der Waals surface area contributed by atoms with Crippen LogP contribution in [0, 0.1) is 11.3 Å². The lowest BCUT2D eigenvalue weighted by atomic mass is 10.0. The van der Waals surface area contributed by atoms with Crippen LogP contribution in [0.25, 0.3) is 11.1 Å². The van der Waals surface area contributed by atoms with Gasteiger partial charge in [0.15, 0.2) is 6.10 Å². The molecular formula is C16H15NO. The van der Waals surface area contributed by atoms with E-state index in [0.29, 0.717) is 6.61 Å². The molecule has 90 valence electrons. The largest absolute Gasteiger partial charge is 0.359 e. The second-order valence-electron chi connectivity index (χ2n) is 3.95. The number of rotatable bonds is 4. The number of benzene rings is 2. The van der Waals surface area contributed by atoms with Crippen LogP contribution in [0.5, 0.6) is 0 Å². The molecule has 0 aromatic heterocycles. The molecule has 2 heteroatoms. The van der Waals surface area contributed by atoms with E-state index in [9.17, 15) is 0 Å². The highest BCUT2D eigenvalue weighted by Crippen LogP contribution is 2.23. The molecular weight excluding hydrogens is 222 g/mol. The van der Waals surface area contributed by atoms with Gasteiger partial charge in [-0.15, -0.1) is 0 Å². The summed E-state index contributed by atoms with van der Waals surface area (Å²) >= 11 is 0. The van der Waals surface area contributed by atoms with Crippen LogP contribution in [0.15, 0.2) is 54.6 Å². The van der Waals surface area contributed by atoms with Gasteiger partial charge >= 0.3 is 0 Å². The lowest BCUT2D eigenvalue weighted by Gasteiger charge is -2.10. The van der Waals surface area contributed by atoms with Gasteiger partial charge in [-0.1, -0.05) is 54.6 Å². The predicted molar refractivity (Wildman–Crippen MR) is 71.9 cm³/mol. The molecule has 0 aliphatic rings. The molecule has 0 bridgehead atoms. The van der Waals surface area contributed by atoms with Crippen LogP contribution in [0.4, 0.5) is 0 Å². The van der Waals surface area contributed by atoms with Crippen LogP contribution < -0.4 is 0 Å². The Morgan fingerprint density at radius 2 is 1.61 bits per heavy atom. The van der Waals surface area contributed by atoms with E-state index in [-0.39, 0.29) is 0 Å². The zero-order chi connectivity index (χ0) is 12.8. The second kappa shape index (κ2) is 6.00. The fourth-order valence-corrected chi connectivity index (χ4v) is 1.86. The highest BCUT2D eigenvalue weighted by atomic mass is 16.5.